The molecule has 0 bridgehead atoms. The lowest BCUT2D eigenvalue weighted by Crippen LogP contribution is -2.51. The van der Waals surface area contributed by atoms with E-state index in [1.807, 2.05) is 0 Å². The van der Waals surface area contributed by atoms with Crippen molar-refractivity contribution in [2.24, 2.45) is 5.73 Å². The van der Waals surface area contributed by atoms with Gasteiger partial charge in [-0.2, -0.15) is 0 Å². The molecule has 0 spiro atoms. The first-order chi connectivity index (χ1) is 9.55. The summed E-state index contributed by atoms with van der Waals surface area (Å²) in [7, 11) is 4.17. The Morgan fingerprint density at radius 2 is 2.20 bits per heavy atom. The molecule has 112 valence electrons. The van der Waals surface area contributed by atoms with Crippen LogP contribution in [-0.2, 0) is 17.9 Å². The zero-order chi connectivity index (χ0) is 14.6. The maximum absolute atomic E-state index is 12.0. The van der Waals surface area contributed by atoms with Gasteiger partial charge in [0, 0.05) is 18.6 Å². The molecule has 1 aromatic heterocycles. The highest BCUT2D eigenvalue weighted by atomic mass is 16.2. The minimum absolute atomic E-state index is 0.0356. The molecule has 2 rings (SSSR count). The molecule has 0 radical (unpaired) electrons. The first-order valence-corrected chi connectivity index (χ1v) is 7.09. The number of nitrogens with two attached hydrogens (primary N) is 1. The van der Waals surface area contributed by atoms with Gasteiger partial charge in [-0.25, -0.2) is 4.68 Å². The van der Waals surface area contributed by atoms with Crippen LogP contribution in [0.25, 0.3) is 0 Å². The molecule has 0 aliphatic heterocycles. The molecule has 7 nitrogen and oxygen atoms in total. The van der Waals surface area contributed by atoms with Crippen LogP contribution in [0.4, 0.5) is 0 Å². The van der Waals surface area contributed by atoms with E-state index in [1.54, 1.807) is 6.20 Å². The lowest BCUT2D eigenvalue weighted by molar-refractivity contribution is -0.122. The Morgan fingerprint density at radius 1 is 1.50 bits per heavy atom. The predicted octanol–water partition coefficient (Wildman–Crippen LogP) is -0.273. The molecule has 3 N–H and O–H groups in total. The van der Waals surface area contributed by atoms with Crippen LogP contribution in [0.5, 0.6) is 0 Å². The quantitative estimate of drug-likeness (QED) is 0.748. The van der Waals surface area contributed by atoms with Crippen molar-refractivity contribution < 1.29 is 4.79 Å². The topological polar surface area (TPSA) is 89.1 Å². The molecule has 20 heavy (non-hydrogen) atoms. The Kier molecular flexibility index (Phi) is 4.72. The lowest BCUT2D eigenvalue weighted by atomic mass is 9.96. The van der Waals surface area contributed by atoms with Crippen LogP contribution in [0.3, 0.4) is 0 Å². The second kappa shape index (κ2) is 6.32. The number of rotatable bonds is 6. The molecular weight excluding hydrogens is 256 g/mol. The van der Waals surface area contributed by atoms with Crippen LogP contribution in [0, 0.1) is 0 Å². The zero-order valence-corrected chi connectivity index (χ0v) is 12.3. The van der Waals surface area contributed by atoms with Gasteiger partial charge in [0.25, 0.3) is 0 Å². The van der Waals surface area contributed by atoms with E-state index in [2.05, 4.69) is 34.6 Å². The molecule has 1 fully saturated rings. The second-order valence-corrected chi connectivity index (χ2v) is 5.71. The number of nitrogens with zero attached hydrogens (tertiary/aromatic N) is 4. The minimum atomic E-state index is -0.0356. The van der Waals surface area contributed by atoms with Gasteiger partial charge in [0.2, 0.25) is 5.91 Å². The molecule has 1 amide bonds. The summed E-state index contributed by atoms with van der Waals surface area (Å²) in [6, 6.07) is 0. The Labute approximate surface area is 119 Å². The maximum Gasteiger partial charge on any atom is 0.241 e. The lowest BCUT2D eigenvalue weighted by Gasteiger charge is -2.36. The van der Waals surface area contributed by atoms with Crippen molar-refractivity contribution >= 4 is 5.91 Å². The molecule has 1 heterocycles. The largest absolute Gasteiger partial charge is 0.353 e. The highest BCUT2D eigenvalue weighted by Crippen LogP contribution is 2.32. The van der Waals surface area contributed by atoms with Gasteiger partial charge in [0.05, 0.1) is 11.9 Å². The van der Waals surface area contributed by atoms with Crippen molar-refractivity contribution in [1.82, 2.24) is 25.2 Å². The normalized spacial score (nSPS) is 17.6. The van der Waals surface area contributed by atoms with Crippen LogP contribution >= 0.6 is 0 Å². The molecule has 1 saturated carbocycles. The van der Waals surface area contributed by atoms with Crippen molar-refractivity contribution in [1.29, 1.82) is 0 Å². The van der Waals surface area contributed by atoms with E-state index in [-0.39, 0.29) is 18.0 Å². The fraction of sp³-hybridized carbons (Fsp3) is 0.769. The molecular formula is C13H24N6O. The van der Waals surface area contributed by atoms with Gasteiger partial charge < -0.3 is 16.0 Å². The van der Waals surface area contributed by atoms with Gasteiger partial charge in [-0.3, -0.25) is 4.79 Å². The summed E-state index contributed by atoms with van der Waals surface area (Å²) in [5.41, 5.74) is 6.27. The van der Waals surface area contributed by atoms with Crippen LogP contribution in [0.2, 0.25) is 0 Å². The molecule has 7 heteroatoms. The fourth-order valence-electron chi connectivity index (χ4n) is 2.79. The highest BCUT2D eigenvalue weighted by Gasteiger charge is 2.36. The summed E-state index contributed by atoms with van der Waals surface area (Å²) in [6.45, 7) is 1.22. The molecule has 1 aliphatic carbocycles. The van der Waals surface area contributed by atoms with Crippen molar-refractivity contribution in [3.63, 3.8) is 0 Å². The number of hydrogen-bond acceptors (Lipinski definition) is 5. The average molecular weight is 280 g/mol. The van der Waals surface area contributed by atoms with Gasteiger partial charge >= 0.3 is 0 Å². The minimum Gasteiger partial charge on any atom is -0.353 e. The summed E-state index contributed by atoms with van der Waals surface area (Å²) < 4.78 is 1.52. The number of aromatic nitrogens is 3. The second-order valence-electron chi connectivity index (χ2n) is 5.71. The monoisotopic (exact) mass is 280 g/mol. The van der Waals surface area contributed by atoms with Gasteiger partial charge in [-0.05, 0) is 26.9 Å². The smallest absolute Gasteiger partial charge is 0.241 e. The first-order valence-electron chi connectivity index (χ1n) is 7.09. The molecule has 0 aromatic carbocycles. The van der Waals surface area contributed by atoms with E-state index >= 15 is 0 Å². The van der Waals surface area contributed by atoms with E-state index in [9.17, 15) is 4.79 Å². The Bertz CT molecular complexity index is 449. The van der Waals surface area contributed by atoms with Crippen LogP contribution in [0.1, 0.15) is 31.4 Å². The standard InChI is InChI=1S/C13H24N6O/c1-18(2)13(5-3-4-6-13)10-15-12(20)9-19-8-11(7-14)16-17-19/h8H,3-7,9-10,14H2,1-2H3,(H,15,20). The van der Waals surface area contributed by atoms with Gasteiger partial charge in [0.1, 0.15) is 6.54 Å². The number of carbonyl (C=O) groups is 1. The molecule has 0 unspecified atom stereocenters. The van der Waals surface area contributed by atoms with E-state index < -0.39 is 0 Å². The fourth-order valence-corrected chi connectivity index (χ4v) is 2.79. The number of nitrogens with one attached hydrogen (secondary N) is 1. The van der Waals surface area contributed by atoms with Gasteiger partial charge in [-0.15, -0.1) is 5.10 Å². The number of amides is 1. The van der Waals surface area contributed by atoms with Gasteiger partial charge in [-0.1, -0.05) is 18.1 Å². The third-order valence-electron chi connectivity index (χ3n) is 4.20. The summed E-state index contributed by atoms with van der Waals surface area (Å²) in [5, 5.41) is 10.8. The number of hydrogen-bond donors (Lipinski definition) is 2. The third kappa shape index (κ3) is 3.34. The van der Waals surface area contributed by atoms with Gasteiger partial charge in [0.15, 0.2) is 0 Å². The molecule has 1 aromatic rings. The SMILES string of the molecule is CN(C)C1(CNC(=O)Cn2cc(CN)nn2)CCCC1. The Balaban J connectivity index is 1.85. The third-order valence-corrected chi connectivity index (χ3v) is 4.20. The zero-order valence-electron chi connectivity index (χ0n) is 12.3. The van der Waals surface area contributed by atoms with Crippen LogP contribution in [0.15, 0.2) is 6.20 Å². The summed E-state index contributed by atoms with van der Waals surface area (Å²) in [6.07, 6.45) is 6.45. The van der Waals surface area contributed by atoms with E-state index in [1.165, 1.54) is 17.5 Å². The number of carbonyl (C=O) groups excluding carboxylic acids is 1. The molecule has 0 saturated heterocycles. The summed E-state index contributed by atoms with van der Waals surface area (Å²) in [4.78, 5) is 14.2. The number of likely N-dealkylation sites (N-methyl/N-ethyl adjacent to an activating group) is 1. The van der Waals surface area contributed by atoms with Crippen molar-refractivity contribution in [3.8, 4) is 0 Å². The average Bonchev–Trinajstić information content (AvgIpc) is 3.05. The van der Waals surface area contributed by atoms with Crippen molar-refractivity contribution in [3.05, 3.63) is 11.9 Å². The summed E-state index contributed by atoms with van der Waals surface area (Å²) in [5.74, 6) is -0.0356. The Hall–Kier alpha value is -1.47. The predicted molar refractivity (Wildman–Crippen MR) is 75.8 cm³/mol. The van der Waals surface area contributed by atoms with Crippen LogP contribution in [-0.4, -0.2) is 52.0 Å². The first kappa shape index (κ1) is 14.9. The van der Waals surface area contributed by atoms with E-state index in [0.29, 0.717) is 18.8 Å². The van der Waals surface area contributed by atoms with E-state index in [4.69, 9.17) is 5.73 Å². The van der Waals surface area contributed by atoms with Crippen molar-refractivity contribution in [2.75, 3.05) is 20.6 Å². The van der Waals surface area contributed by atoms with Crippen molar-refractivity contribution in [2.45, 2.75) is 44.3 Å². The maximum atomic E-state index is 12.0. The summed E-state index contributed by atoms with van der Waals surface area (Å²) >= 11 is 0. The van der Waals surface area contributed by atoms with Crippen LogP contribution < -0.4 is 11.1 Å². The molecule has 1 aliphatic rings. The highest BCUT2D eigenvalue weighted by molar-refractivity contribution is 5.75. The van der Waals surface area contributed by atoms with E-state index in [0.717, 1.165) is 12.8 Å². The Morgan fingerprint density at radius 3 is 2.75 bits per heavy atom. The molecule has 0 atom stereocenters.